The predicted molar refractivity (Wildman–Crippen MR) is 195 cm³/mol. The van der Waals surface area contributed by atoms with Crippen molar-refractivity contribution in [3.05, 3.63) is 169 Å². The van der Waals surface area contributed by atoms with E-state index in [1.807, 2.05) is 48.5 Å². The van der Waals surface area contributed by atoms with Gasteiger partial charge in [-0.05, 0) is 65.2 Å². The molecule has 2 heterocycles. The summed E-state index contributed by atoms with van der Waals surface area (Å²) in [5.41, 5.74) is 10.8. The maximum atomic E-state index is 10.6. The van der Waals surface area contributed by atoms with E-state index >= 15 is 0 Å². The fraction of sp³-hybridized carbons (Fsp3) is 0. The van der Waals surface area contributed by atoms with E-state index in [2.05, 4.69) is 130 Å². The van der Waals surface area contributed by atoms with E-state index in [0.29, 0.717) is 11.1 Å². The summed E-state index contributed by atoms with van der Waals surface area (Å²) >= 11 is 0. The highest BCUT2D eigenvalue weighted by molar-refractivity contribution is 6.11. The van der Waals surface area contributed by atoms with Crippen LogP contribution in [0, 0.1) is 22.7 Å². The van der Waals surface area contributed by atoms with Crippen LogP contribution in [-0.4, -0.2) is 9.13 Å². The van der Waals surface area contributed by atoms with Gasteiger partial charge < -0.3 is 9.13 Å². The van der Waals surface area contributed by atoms with Crippen molar-refractivity contribution in [2.24, 2.45) is 0 Å². The number of nitrogens with zero attached hydrogens (tertiary/aromatic N) is 4. The molecule has 0 saturated heterocycles. The topological polar surface area (TPSA) is 57.4 Å². The van der Waals surface area contributed by atoms with Gasteiger partial charge in [0.1, 0.15) is 6.07 Å². The molecule has 0 unspecified atom stereocenters. The Hall–Kier alpha value is -6.88. The zero-order valence-corrected chi connectivity index (χ0v) is 25.8. The molecule has 0 atom stereocenters. The summed E-state index contributed by atoms with van der Waals surface area (Å²) in [6, 6.07) is 58.7. The van der Waals surface area contributed by atoms with Crippen LogP contribution in [0.1, 0.15) is 11.1 Å². The highest BCUT2D eigenvalue weighted by Crippen LogP contribution is 2.42. The van der Waals surface area contributed by atoms with Crippen molar-refractivity contribution < 1.29 is 0 Å². The van der Waals surface area contributed by atoms with Crippen LogP contribution in [0.15, 0.2) is 158 Å². The van der Waals surface area contributed by atoms with E-state index in [-0.39, 0.29) is 0 Å². The SMILES string of the molecule is N#Cc1cc(-c2ccccc2-c2c(C#N)cccc2-n2c3ccccc3c3ccccc32)ccc1-n1c2ccccc2c2ccccc21. The highest BCUT2D eigenvalue weighted by atomic mass is 15.0. The molecule has 4 nitrogen and oxygen atoms in total. The molecule has 9 aromatic rings. The van der Waals surface area contributed by atoms with E-state index in [1.54, 1.807) is 0 Å². The van der Waals surface area contributed by atoms with Crippen LogP contribution >= 0.6 is 0 Å². The minimum Gasteiger partial charge on any atom is -0.309 e. The molecule has 0 amide bonds. The molecule has 0 aliphatic rings. The lowest BCUT2D eigenvalue weighted by molar-refractivity contribution is 1.17. The highest BCUT2D eigenvalue weighted by Gasteiger charge is 2.21. The Bertz CT molecular complexity index is 2710. The number of fused-ring (bicyclic) bond motifs is 6. The molecule has 0 bridgehead atoms. The Balaban J connectivity index is 1.28. The first kappa shape index (κ1) is 27.4. The van der Waals surface area contributed by atoms with Crippen LogP contribution in [0.3, 0.4) is 0 Å². The lowest BCUT2D eigenvalue weighted by atomic mass is 9.90. The first-order valence-corrected chi connectivity index (χ1v) is 15.9. The maximum Gasteiger partial charge on any atom is 0.101 e. The minimum absolute atomic E-state index is 0.574. The molecular weight excluding hydrogens is 585 g/mol. The van der Waals surface area contributed by atoms with Gasteiger partial charge in [-0.1, -0.05) is 109 Å². The number of aromatic nitrogens is 2. The summed E-state index contributed by atoms with van der Waals surface area (Å²) in [4.78, 5) is 0. The molecule has 0 radical (unpaired) electrons. The number of nitriles is 2. The zero-order valence-electron chi connectivity index (χ0n) is 25.8. The maximum absolute atomic E-state index is 10.6. The second kappa shape index (κ2) is 10.9. The van der Waals surface area contributed by atoms with Gasteiger partial charge in [-0.2, -0.15) is 10.5 Å². The van der Waals surface area contributed by atoms with Gasteiger partial charge in [-0.25, -0.2) is 0 Å². The monoisotopic (exact) mass is 610 g/mol. The first-order valence-electron chi connectivity index (χ1n) is 15.9. The second-order valence-electron chi connectivity index (χ2n) is 11.9. The molecule has 0 fully saturated rings. The van der Waals surface area contributed by atoms with Crippen LogP contribution < -0.4 is 0 Å². The van der Waals surface area contributed by atoms with Gasteiger partial charge in [0.25, 0.3) is 0 Å². The molecule has 0 aliphatic carbocycles. The van der Waals surface area contributed by atoms with E-state index < -0.39 is 0 Å². The van der Waals surface area contributed by atoms with Gasteiger partial charge in [0.2, 0.25) is 0 Å². The van der Waals surface area contributed by atoms with Crippen LogP contribution in [0.4, 0.5) is 0 Å². The Morgan fingerprint density at radius 1 is 0.375 bits per heavy atom. The Labute approximate surface area is 277 Å². The molecule has 0 N–H and O–H groups in total. The second-order valence-corrected chi connectivity index (χ2v) is 11.9. The average molecular weight is 611 g/mol. The molecule has 0 spiro atoms. The van der Waals surface area contributed by atoms with Crippen LogP contribution in [0.25, 0.3) is 77.2 Å². The summed E-state index contributed by atoms with van der Waals surface area (Å²) < 4.78 is 4.45. The molecule has 48 heavy (non-hydrogen) atoms. The molecule has 7 aromatic carbocycles. The third-order valence-electron chi connectivity index (χ3n) is 9.43. The summed E-state index contributed by atoms with van der Waals surface area (Å²) in [6.07, 6.45) is 0. The summed E-state index contributed by atoms with van der Waals surface area (Å²) in [7, 11) is 0. The minimum atomic E-state index is 0.574. The van der Waals surface area contributed by atoms with Gasteiger partial charge in [0.15, 0.2) is 0 Å². The molecule has 4 heteroatoms. The molecule has 0 aliphatic heterocycles. The predicted octanol–water partition coefficient (Wildman–Crippen LogP) is 11.0. The van der Waals surface area contributed by atoms with Crippen molar-refractivity contribution in [2.45, 2.75) is 0 Å². The van der Waals surface area contributed by atoms with Crippen LogP contribution in [0.5, 0.6) is 0 Å². The summed E-state index contributed by atoms with van der Waals surface area (Å²) in [5.74, 6) is 0. The van der Waals surface area contributed by atoms with Gasteiger partial charge in [0, 0.05) is 27.1 Å². The number of rotatable bonds is 4. The van der Waals surface area contributed by atoms with Crippen molar-refractivity contribution in [3.8, 4) is 45.8 Å². The lowest BCUT2D eigenvalue weighted by Crippen LogP contribution is -2.01. The third kappa shape index (κ3) is 4.01. The molecule has 2 aromatic heterocycles. The van der Waals surface area contributed by atoms with Crippen LogP contribution in [-0.2, 0) is 0 Å². The third-order valence-corrected chi connectivity index (χ3v) is 9.43. The van der Waals surface area contributed by atoms with Gasteiger partial charge in [-0.3, -0.25) is 0 Å². The van der Waals surface area contributed by atoms with E-state index in [0.717, 1.165) is 77.2 Å². The summed E-state index contributed by atoms with van der Waals surface area (Å²) in [6.45, 7) is 0. The van der Waals surface area contributed by atoms with Crippen molar-refractivity contribution in [2.75, 3.05) is 0 Å². The number of hydrogen-bond donors (Lipinski definition) is 0. The largest absolute Gasteiger partial charge is 0.309 e. The van der Waals surface area contributed by atoms with Gasteiger partial charge in [-0.15, -0.1) is 0 Å². The van der Waals surface area contributed by atoms with Crippen molar-refractivity contribution in [3.63, 3.8) is 0 Å². The van der Waals surface area contributed by atoms with E-state index in [1.165, 1.54) is 0 Å². The van der Waals surface area contributed by atoms with Crippen LogP contribution in [0.2, 0.25) is 0 Å². The molecule has 0 saturated carbocycles. The molecular formula is C44H26N4. The Morgan fingerprint density at radius 2 is 0.833 bits per heavy atom. The van der Waals surface area contributed by atoms with E-state index in [4.69, 9.17) is 0 Å². The smallest absolute Gasteiger partial charge is 0.101 e. The standard InChI is InChI=1S/C44H26N4/c45-27-30-12-11-23-43(48-41-21-9-5-16-35(41)36-17-6-10-22-42(36)48)44(30)37-18-2-1-13-32(37)29-24-25-38(31(26-29)28-46)47-39-19-7-3-14-33(39)34-15-4-8-20-40(34)47/h1-26H. The molecule has 222 valence electrons. The quantitative estimate of drug-likeness (QED) is 0.199. The van der Waals surface area contributed by atoms with Crippen molar-refractivity contribution in [1.29, 1.82) is 10.5 Å². The number of hydrogen-bond acceptors (Lipinski definition) is 2. The lowest BCUT2D eigenvalue weighted by Gasteiger charge is -2.19. The summed E-state index contributed by atoms with van der Waals surface area (Å²) in [5, 5.41) is 25.7. The van der Waals surface area contributed by atoms with Crippen molar-refractivity contribution >= 4 is 43.6 Å². The van der Waals surface area contributed by atoms with E-state index in [9.17, 15) is 10.5 Å². The average Bonchev–Trinajstić information content (AvgIpc) is 3.67. The fourth-order valence-electron chi connectivity index (χ4n) is 7.41. The normalized spacial score (nSPS) is 11.3. The fourth-order valence-corrected chi connectivity index (χ4v) is 7.41. The molecule has 9 rings (SSSR count). The first-order chi connectivity index (χ1) is 23.8. The van der Waals surface area contributed by atoms with Gasteiger partial charge >= 0.3 is 0 Å². The van der Waals surface area contributed by atoms with Gasteiger partial charge in [0.05, 0.1) is 50.6 Å². The van der Waals surface area contributed by atoms with Crippen molar-refractivity contribution in [1.82, 2.24) is 9.13 Å². The Kier molecular flexibility index (Phi) is 6.22. The zero-order chi connectivity index (χ0) is 32.2. The number of para-hydroxylation sites is 4. The Morgan fingerprint density at radius 3 is 1.35 bits per heavy atom. The number of benzene rings is 7.